The second-order valence-corrected chi connectivity index (χ2v) is 7.95. The molecule has 4 rings (SSSR count). The molecule has 0 bridgehead atoms. The maximum Gasteiger partial charge on any atom is 0.229 e. The molecule has 2 N–H and O–H groups in total. The zero-order valence-electron chi connectivity index (χ0n) is 16.6. The summed E-state index contributed by atoms with van der Waals surface area (Å²) in [5.41, 5.74) is 2.15. The summed E-state index contributed by atoms with van der Waals surface area (Å²) in [7, 11) is 0. The van der Waals surface area contributed by atoms with E-state index in [-0.39, 0.29) is 11.8 Å². The van der Waals surface area contributed by atoms with Gasteiger partial charge in [-0.3, -0.25) is 14.8 Å². The Kier molecular flexibility index (Phi) is 6.61. The van der Waals surface area contributed by atoms with Gasteiger partial charge in [-0.15, -0.1) is 0 Å². The predicted octanol–water partition coefficient (Wildman–Crippen LogP) is 2.22. The minimum Gasteiger partial charge on any atom is -0.381 e. The molecule has 2 fully saturated rings. The number of hydrogen-bond donors (Lipinski definition) is 2. The molecule has 1 amide bonds. The van der Waals surface area contributed by atoms with Gasteiger partial charge in [0.25, 0.3) is 0 Å². The molecule has 1 unspecified atom stereocenters. The van der Waals surface area contributed by atoms with Crippen LogP contribution in [0.1, 0.15) is 37.7 Å². The van der Waals surface area contributed by atoms with Crippen LogP contribution in [0.25, 0.3) is 0 Å². The van der Waals surface area contributed by atoms with Crippen LogP contribution in [0.3, 0.4) is 0 Å². The zero-order valence-corrected chi connectivity index (χ0v) is 16.6. The first kappa shape index (κ1) is 20.1. The van der Waals surface area contributed by atoms with E-state index in [1.807, 2.05) is 0 Å². The highest BCUT2D eigenvalue weighted by atomic mass is 19.1. The van der Waals surface area contributed by atoms with Crippen LogP contribution in [-0.4, -0.2) is 61.7 Å². The van der Waals surface area contributed by atoms with Gasteiger partial charge in [-0.05, 0) is 37.8 Å². The number of halogens is 1. The summed E-state index contributed by atoms with van der Waals surface area (Å²) in [5, 5.41) is 5.99. The van der Waals surface area contributed by atoms with Crippen LogP contribution in [0.15, 0.2) is 22.2 Å². The van der Waals surface area contributed by atoms with Crippen LogP contribution in [0.4, 0.5) is 10.2 Å². The SMILES string of the molecule is O=C(Nc1cc(C2=NCCC(=NCC3CCOCC3)C2)c(F)cn1)C1CCNC1. The first-order valence-electron chi connectivity index (χ1n) is 10.5. The average Bonchev–Trinajstić information content (AvgIpc) is 3.30. The fraction of sp³-hybridized carbons (Fsp3) is 0.619. The van der Waals surface area contributed by atoms with E-state index in [1.54, 1.807) is 6.07 Å². The summed E-state index contributed by atoms with van der Waals surface area (Å²) in [6.07, 6.45) is 5.43. The molecule has 2 saturated heterocycles. The number of amides is 1. The third-order valence-corrected chi connectivity index (χ3v) is 5.84. The molecule has 156 valence electrons. The zero-order chi connectivity index (χ0) is 20.1. The lowest BCUT2D eigenvalue weighted by atomic mass is 9.98. The van der Waals surface area contributed by atoms with Gasteiger partial charge >= 0.3 is 0 Å². The molecule has 4 heterocycles. The Bertz CT molecular complexity index is 798. The number of nitrogens with one attached hydrogen (secondary N) is 2. The molecule has 0 radical (unpaired) electrons. The van der Waals surface area contributed by atoms with E-state index in [2.05, 4.69) is 20.6 Å². The van der Waals surface area contributed by atoms with Crippen molar-refractivity contribution in [3.63, 3.8) is 0 Å². The molecule has 3 aliphatic rings. The molecule has 1 aromatic heterocycles. The van der Waals surface area contributed by atoms with Crippen molar-refractivity contribution in [3.05, 3.63) is 23.6 Å². The largest absolute Gasteiger partial charge is 0.381 e. The van der Waals surface area contributed by atoms with E-state index in [0.717, 1.165) is 63.9 Å². The standard InChI is InChI=1S/C21H28FN5O2/c22-18-13-26-20(27-21(28)15-1-5-23-12-15)10-17(18)19-9-16(2-6-24-19)25-11-14-3-7-29-8-4-14/h10,13-15,23H,1-9,11-12H2,(H,26,27,28). The normalized spacial score (nSPS) is 24.5. The summed E-state index contributed by atoms with van der Waals surface area (Å²) in [4.78, 5) is 25.7. The van der Waals surface area contributed by atoms with Crippen LogP contribution in [0, 0.1) is 17.7 Å². The van der Waals surface area contributed by atoms with E-state index < -0.39 is 5.82 Å². The Morgan fingerprint density at radius 3 is 3.00 bits per heavy atom. The average molecular weight is 401 g/mol. The summed E-state index contributed by atoms with van der Waals surface area (Å²) >= 11 is 0. The minimum absolute atomic E-state index is 0.0683. The van der Waals surface area contributed by atoms with Crippen molar-refractivity contribution in [2.45, 2.75) is 32.1 Å². The van der Waals surface area contributed by atoms with E-state index >= 15 is 0 Å². The highest BCUT2D eigenvalue weighted by Crippen LogP contribution is 2.20. The molecule has 1 aromatic rings. The molecule has 8 heteroatoms. The predicted molar refractivity (Wildman–Crippen MR) is 110 cm³/mol. The maximum absolute atomic E-state index is 14.5. The molecule has 29 heavy (non-hydrogen) atoms. The number of aromatic nitrogens is 1. The van der Waals surface area contributed by atoms with Crippen molar-refractivity contribution in [2.75, 3.05) is 44.7 Å². The van der Waals surface area contributed by atoms with Crippen molar-refractivity contribution in [1.29, 1.82) is 0 Å². The Morgan fingerprint density at radius 1 is 1.34 bits per heavy atom. The Morgan fingerprint density at radius 2 is 2.21 bits per heavy atom. The topological polar surface area (TPSA) is 88.0 Å². The van der Waals surface area contributed by atoms with Crippen molar-refractivity contribution in [1.82, 2.24) is 10.3 Å². The number of hydrogen-bond acceptors (Lipinski definition) is 6. The summed E-state index contributed by atoms with van der Waals surface area (Å²) in [5.74, 6) is 0.371. The summed E-state index contributed by atoms with van der Waals surface area (Å²) in [6.45, 7) is 4.55. The second kappa shape index (κ2) is 9.54. The Balaban J connectivity index is 1.42. The van der Waals surface area contributed by atoms with Gasteiger partial charge in [-0.25, -0.2) is 9.37 Å². The number of carbonyl (C=O) groups excluding carboxylic acids is 1. The lowest BCUT2D eigenvalue weighted by Gasteiger charge is -2.21. The van der Waals surface area contributed by atoms with Gasteiger partial charge in [0.2, 0.25) is 5.91 Å². The Labute approximate surface area is 170 Å². The molecule has 0 saturated carbocycles. The number of pyridine rings is 1. The number of anilines is 1. The van der Waals surface area contributed by atoms with Crippen LogP contribution in [-0.2, 0) is 9.53 Å². The number of nitrogens with zero attached hydrogens (tertiary/aromatic N) is 3. The van der Waals surface area contributed by atoms with Gasteiger partial charge < -0.3 is 15.4 Å². The lowest BCUT2D eigenvalue weighted by molar-refractivity contribution is -0.119. The molecule has 0 aromatic carbocycles. The fourth-order valence-electron chi connectivity index (χ4n) is 3.99. The first-order valence-corrected chi connectivity index (χ1v) is 10.5. The monoisotopic (exact) mass is 401 g/mol. The molecule has 3 aliphatic heterocycles. The van der Waals surface area contributed by atoms with Gasteiger partial charge in [0.15, 0.2) is 5.82 Å². The van der Waals surface area contributed by atoms with Crippen molar-refractivity contribution in [3.8, 4) is 0 Å². The number of carbonyl (C=O) groups is 1. The third-order valence-electron chi connectivity index (χ3n) is 5.84. The van der Waals surface area contributed by atoms with E-state index in [1.165, 1.54) is 0 Å². The lowest BCUT2D eigenvalue weighted by Crippen LogP contribution is -2.25. The Hall–Kier alpha value is -2.19. The fourth-order valence-corrected chi connectivity index (χ4v) is 3.99. The smallest absolute Gasteiger partial charge is 0.229 e. The van der Waals surface area contributed by atoms with E-state index in [9.17, 15) is 9.18 Å². The molecular formula is C21H28FN5O2. The maximum atomic E-state index is 14.5. The number of aliphatic imine (C=N–C) groups is 2. The van der Waals surface area contributed by atoms with Crippen molar-refractivity contribution in [2.24, 2.45) is 21.8 Å². The van der Waals surface area contributed by atoms with Gasteiger partial charge in [0, 0.05) is 57.0 Å². The minimum atomic E-state index is -0.421. The molecular weight excluding hydrogens is 373 g/mol. The van der Waals surface area contributed by atoms with Gasteiger partial charge in [0.05, 0.1) is 17.8 Å². The highest BCUT2D eigenvalue weighted by molar-refractivity contribution is 6.14. The van der Waals surface area contributed by atoms with Gasteiger partial charge in [-0.1, -0.05) is 0 Å². The molecule has 1 atom stereocenters. The van der Waals surface area contributed by atoms with Crippen LogP contribution in [0.2, 0.25) is 0 Å². The summed E-state index contributed by atoms with van der Waals surface area (Å²) in [6, 6.07) is 1.59. The quantitative estimate of drug-likeness (QED) is 0.792. The first-order chi connectivity index (χ1) is 14.2. The van der Waals surface area contributed by atoms with Crippen LogP contribution >= 0.6 is 0 Å². The molecule has 7 nitrogen and oxygen atoms in total. The summed E-state index contributed by atoms with van der Waals surface area (Å²) < 4.78 is 19.9. The molecule has 0 spiro atoms. The molecule has 0 aliphatic carbocycles. The number of rotatable bonds is 5. The second-order valence-electron chi connectivity index (χ2n) is 7.95. The van der Waals surface area contributed by atoms with Crippen molar-refractivity contribution >= 4 is 23.1 Å². The van der Waals surface area contributed by atoms with Gasteiger partial charge in [-0.2, -0.15) is 0 Å². The van der Waals surface area contributed by atoms with Crippen LogP contribution < -0.4 is 10.6 Å². The third kappa shape index (κ3) is 5.25. The highest BCUT2D eigenvalue weighted by Gasteiger charge is 2.24. The van der Waals surface area contributed by atoms with E-state index in [4.69, 9.17) is 9.73 Å². The van der Waals surface area contributed by atoms with Crippen molar-refractivity contribution < 1.29 is 13.9 Å². The van der Waals surface area contributed by atoms with Gasteiger partial charge in [0.1, 0.15) is 5.82 Å². The van der Waals surface area contributed by atoms with Crippen LogP contribution in [0.5, 0.6) is 0 Å². The van der Waals surface area contributed by atoms with E-state index in [0.29, 0.717) is 42.5 Å². The number of ether oxygens (including phenoxy) is 1.